The molecule has 2 aromatic rings. The van der Waals surface area contributed by atoms with E-state index in [0.717, 1.165) is 0 Å². The fraction of sp³-hybridized carbons (Fsp3) is 0.235. The molecule has 0 aliphatic rings. The van der Waals surface area contributed by atoms with Gasteiger partial charge in [-0.1, -0.05) is 18.2 Å². The van der Waals surface area contributed by atoms with Crippen molar-refractivity contribution in [1.82, 2.24) is 0 Å². The molecule has 1 atom stereocenters. The molecule has 1 unspecified atom stereocenters. The number of hydrogen-bond donors (Lipinski definition) is 1. The summed E-state index contributed by atoms with van der Waals surface area (Å²) in [6, 6.07) is 13.4. The van der Waals surface area contributed by atoms with Crippen molar-refractivity contribution in [2.24, 2.45) is 0 Å². The number of rotatable bonds is 4. The highest BCUT2D eigenvalue weighted by atomic mass is 19.1. The Morgan fingerprint density at radius 3 is 2.67 bits per heavy atom. The Labute approximate surface area is 123 Å². The van der Waals surface area contributed by atoms with E-state index in [1.165, 1.54) is 19.2 Å². The van der Waals surface area contributed by atoms with Gasteiger partial charge in [0.2, 0.25) is 0 Å². The first-order valence-corrected chi connectivity index (χ1v) is 6.52. The molecule has 0 radical (unpaired) electrons. The first-order chi connectivity index (χ1) is 9.96. The van der Waals surface area contributed by atoms with Crippen LogP contribution in [0.5, 0.6) is 5.75 Å². The van der Waals surface area contributed by atoms with Gasteiger partial charge in [-0.15, -0.1) is 0 Å². The predicted molar refractivity (Wildman–Crippen MR) is 77.4 cm³/mol. The quantitative estimate of drug-likeness (QED) is 0.938. The van der Waals surface area contributed by atoms with Gasteiger partial charge in [0, 0.05) is 6.42 Å². The van der Waals surface area contributed by atoms with Crippen LogP contribution in [0.2, 0.25) is 0 Å². The minimum Gasteiger partial charge on any atom is -0.494 e. The molecule has 0 aromatic heterocycles. The van der Waals surface area contributed by atoms with E-state index < -0.39 is 11.4 Å². The standard InChI is InChI=1S/C17H16FNO2/c1-17(20,14-5-3-4-13(8-14)11-19)10-12-6-7-16(21-2)15(18)9-12/h3-9,20H,10H2,1-2H3. The van der Waals surface area contributed by atoms with E-state index in [2.05, 4.69) is 0 Å². The number of benzene rings is 2. The third-order valence-corrected chi connectivity index (χ3v) is 3.38. The second-order valence-corrected chi connectivity index (χ2v) is 5.11. The Morgan fingerprint density at radius 1 is 1.29 bits per heavy atom. The number of ether oxygens (including phenoxy) is 1. The third-order valence-electron chi connectivity index (χ3n) is 3.38. The minimum absolute atomic E-state index is 0.171. The van der Waals surface area contributed by atoms with Gasteiger partial charge in [-0.25, -0.2) is 4.39 Å². The highest BCUT2D eigenvalue weighted by Gasteiger charge is 2.24. The molecule has 2 rings (SSSR count). The van der Waals surface area contributed by atoms with E-state index >= 15 is 0 Å². The van der Waals surface area contributed by atoms with Crippen LogP contribution in [0.1, 0.15) is 23.6 Å². The predicted octanol–water partition coefficient (Wildman–Crippen LogP) is 3.16. The topological polar surface area (TPSA) is 53.2 Å². The third kappa shape index (κ3) is 3.39. The number of aliphatic hydroxyl groups is 1. The van der Waals surface area contributed by atoms with Gasteiger partial charge in [0.15, 0.2) is 11.6 Å². The van der Waals surface area contributed by atoms with E-state index in [1.54, 1.807) is 37.3 Å². The molecule has 0 bridgehead atoms. The minimum atomic E-state index is -1.19. The van der Waals surface area contributed by atoms with Crippen molar-refractivity contribution in [2.75, 3.05) is 7.11 Å². The summed E-state index contributed by atoms with van der Waals surface area (Å²) in [6.45, 7) is 1.64. The summed E-state index contributed by atoms with van der Waals surface area (Å²) in [5, 5.41) is 19.5. The van der Waals surface area contributed by atoms with Crippen molar-refractivity contribution in [3.05, 3.63) is 65.0 Å². The van der Waals surface area contributed by atoms with Crippen LogP contribution in [-0.4, -0.2) is 12.2 Å². The van der Waals surface area contributed by atoms with Crippen LogP contribution >= 0.6 is 0 Å². The zero-order valence-electron chi connectivity index (χ0n) is 11.9. The Bertz CT molecular complexity index is 689. The summed E-state index contributed by atoms with van der Waals surface area (Å²) in [5.41, 5.74) is 0.570. The highest BCUT2D eigenvalue weighted by Crippen LogP contribution is 2.27. The van der Waals surface area contributed by atoms with Crippen molar-refractivity contribution in [1.29, 1.82) is 5.26 Å². The average Bonchev–Trinajstić information content (AvgIpc) is 2.47. The molecule has 108 valence electrons. The van der Waals surface area contributed by atoms with Gasteiger partial charge in [0.25, 0.3) is 0 Å². The largest absolute Gasteiger partial charge is 0.494 e. The van der Waals surface area contributed by atoms with Crippen molar-refractivity contribution < 1.29 is 14.2 Å². The number of hydrogen-bond acceptors (Lipinski definition) is 3. The second-order valence-electron chi connectivity index (χ2n) is 5.11. The first kappa shape index (κ1) is 15.0. The molecule has 0 aliphatic heterocycles. The molecular formula is C17H16FNO2. The Kier molecular flexibility index (Phi) is 4.25. The molecule has 0 spiro atoms. The maximum atomic E-state index is 13.7. The van der Waals surface area contributed by atoms with Crippen molar-refractivity contribution >= 4 is 0 Å². The van der Waals surface area contributed by atoms with Gasteiger partial charge >= 0.3 is 0 Å². The number of nitrogens with zero attached hydrogens (tertiary/aromatic N) is 1. The maximum Gasteiger partial charge on any atom is 0.165 e. The molecular weight excluding hydrogens is 269 g/mol. The number of nitriles is 1. The molecule has 21 heavy (non-hydrogen) atoms. The van der Waals surface area contributed by atoms with Crippen LogP contribution in [0.25, 0.3) is 0 Å². The van der Waals surface area contributed by atoms with E-state index in [0.29, 0.717) is 16.7 Å². The molecule has 1 N–H and O–H groups in total. The normalized spacial score (nSPS) is 13.3. The maximum absolute atomic E-state index is 13.7. The summed E-state index contributed by atoms with van der Waals surface area (Å²) in [5.74, 6) is -0.290. The molecule has 0 aliphatic carbocycles. The van der Waals surface area contributed by atoms with E-state index in [4.69, 9.17) is 10.00 Å². The van der Waals surface area contributed by atoms with Gasteiger partial charge in [-0.2, -0.15) is 5.26 Å². The lowest BCUT2D eigenvalue weighted by molar-refractivity contribution is 0.0575. The van der Waals surface area contributed by atoms with Gasteiger partial charge in [-0.3, -0.25) is 0 Å². The van der Waals surface area contributed by atoms with Crippen LogP contribution in [0.4, 0.5) is 4.39 Å². The van der Waals surface area contributed by atoms with E-state index in [9.17, 15) is 9.50 Å². The summed E-state index contributed by atoms with van der Waals surface area (Å²) < 4.78 is 18.6. The van der Waals surface area contributed by atoms with E-state index in [-0.39, 0.29) is 12.2 Å². The molecule has 0 fully saturated rings. The van der Waals surface area contributed by atoms with Gasteiger partial charge in [0.1, 0.15) is 0 Å². The Balaban J connectivity index is 2.28. The molecule has 4 heteroatoms. The Hall–Kier alpha value is -2.38. The average molecular weight is 285 g/mol. The SMILES string of the molecule is COc1ccc(CC(C)(O)c2cccc(C#N)c2)cc1F. The molecule has 0 amide bonds. The second kappa shape index (κ2) is 5.94. The monoisotopic (exact) mass is 285 g/mol. The zero-order valence-corrected chi connectivity index (χ0v) is 11.9. The summed E-state index contributed by atoms with van der Waals surface area (Å²) in [6.07, 6.45) is 0.239. The highest BCUT2D eigenvalue weighted by molar-refractivity contribution is 5.37. The Morgan fingerprint density at radius 2 is 2.05 bits per heavy atom. The molecule has 2 aromatic carbocycles. The molecule has 0 saturated heterocycles. The van der Waals surface area contributed by atoms with Gasteiger partial charge in [0.05, 0.1) is 24.3 Å². The summed E-state index contributed by atoms with van der Waals surface area (Å²) in [7, 11) is 1.40. The lowest BCUT2D eigenvalue weighted by atomic mass is 9.88. The van der Waals surface area contributed by atoms with Crippen LogP contribution in [0.3, 0.4) is 0 Å². The smallest absolute Gasteiger partial charge is 0.165 e. The fourth-order valence-electron chi connectivity index (χ4n) is 2.24. The van der Waals surface area contributed by atoms with Crippen LogP contribution in [0, 0.1) is 17.1 Å². The lowest BCUT2D eigenvalue weighted by Crippen LogP contribution is -2.24. The lowest BCUT2D eigenvalue weighted by Gasteiger charge is -2.24. The first-order valence-electron chi connectivity index (χ1n) is 6.52. The number of methoxy groups -OCH3 is 1. The van der Waals surface area contributed by atoms with Crippen LogP contribution < -0.4 is 4.74 Å². The molecule has 0 saturated carbocycles. The summed E-state index contributed by atoms with van der Waals surface area (Å²) >= 11 is 0. The van der Waals surface area contributed by atoms with Gasteiger partial charge in [-0.05, 0) is 42.3 Å². The van der Waals surface area contributed by atoms with Crippen molar-refractivity contribution in [3.8, 4) is 11.8 Å². The van der Waals surface area contributed by atoms with Crippen molar-refractivity contribution in [2.45, 2.75) is 18.9 Å². The molecule has 0 heterocycles. The van der Waals surface area contributed by atoms with Crippen LogP contribution in [-0.2, 0) is 12.0 Å². The van der Waals surface area contributed by atoms with Gasteiger partial charge < -0.3 is 9.84 Å². The van der Waals surface area contributed by atoms with Crippen LogP contribution in [0.15, 0.2) is 42.5 Å². The molecule has 3 nitrogen and oxygen atoms in total. The fourth-order valence-corrected chi connectivity index (χ4v) is 2.24. The summed E-state index contributed by atoms with van der Waals surface area (Å²) in [4.78, 5) is 0. The van der Waals surface area contributed by atoms with E-state index in [1.807, 2.05) is 6.07 Å². The zero-order chi connectivity index (χ0) is 15.5. The van der Waals surface area contributed by atoms with Crippen molar-refractivity contribution in [3.63, 3.8) is 0 Å². The number of halogens is 1.